The van der Waals surface area contributed by atoms with Gasteiger partial charge >= 0.3 is 11.9 Å². The monoisotopic (exact) mass is 241 g/mol. The second-order valence-corrected chi connectivity index (χ2v) is 4.11. The van der Waals surface area contributed by atoms with Gasteiger partial charge in [-0.15, -0.1) is 0 Å². The Morgan fingerprint density at radius 2 is 1.73 bits per heavy atom. The summed E-state index contributed by atoms with van der Waals surface area (Å²) in [5.74, 6) is -3.32. The van der Waals surface area contributed by atoms with Crippen molar-refractivity contribution in [2.75, 3.05) is 12.8 Å². The van der Waals surface area contributed by atoms with Gasteiger partial charge in [-0.05, 0) is 6.54 Å². The average Bonchev–Trinajstić information content (AvgIpc) is 2.03. The van der Waals surface area contributed by atoms with E-state index in [9.17, 15) is 13.8 Å². The summed E-state index contributed by atoms with van der Waals surface area (Å²) in [5.41, 5.74) is 4.85. The van der Waals surface area contributed by atoms with Gasteiger partial charge in [-0.1, -0.05) is 6.92 Å². The largest absolute Gasteiger partial charge is 0.481 e. The molecule has 0 fully saturated rings. The summed E-state index contributed by atoms with van der Waals surface area (Å²) in [7, 11) is -2.14. The normalized spacial score (nSPS) is 15.5. The fourth-order valence-corrected chi connectivity index (χ4v) is 1.08. The first kappa shape index (κ1) is 16.4. The molecule has 0 radical (unpaired) electrons. The maximum Gasteiger partial charge on any atom is 0.349 e. The molecule has 0 aliphatic rings. The Kier molecular flexibility index (Phi) is 8.02. The van der Waals surface area contributed by atoms with E-state index in [1.165, 1.54) is 0 Å². The van der Waals surface area contributed by atoms with Crippen LogP contribution < -0.4 is 5.73 Å². The van der Waals surface area contributed by atoms with Crippen molar-refractivity contribution in [1.82, 2.24) is 0 Å². The molecule has 0 saturated carbocycles. The van der Waals surface area contributed by atoms with Gasteiger partial charge in [-0.25, -0.2) is 4.79 Å². The van der Waals surface area contributed by atoms with Gasteiger partial charge in [0, 0.05) is 6.26 Å². The molecule has 0 amide bonds. The van der Waals surface area contributed by atoms with Crippen molar-refractivity contribution in [3.63, 3.8) is 0 Å². The number of hydrogen-bond donors (Lipinski definition) is 4. The van der Waals surface area contributed by atoms with Crippen LogP contribution in [-0.2, 0) is 20.4 Å². The van der Waals surface area contributed by atoms with E-state index in [-0.39, 0.29) is 0 Å². The Bertz CT molecular complexity index is 240. The highest BCUT2D eigenvalue weighted by molar-refractivity contribution is 7.86. The van der Waals surface area contributed by atoms with Crippen molar-refractivity contribution in [3.05, 3.63) is 0 Å². The number of aliphatic carboxylic acids is 2. The van der Waals surface area contributed by atoms with Crippen LogP contribution in [0.2, 0.25) is 0 Å². The van der Waals surface area contributed by atoms with Crippen LogP contribution >= 0.6 is 0 Å². The summed E-state index contributed by atoms with van der Waals surface area (Å²) in [6.45, 7) is 2.65. The minimum Gasteiger partial charge on any atom is -0.481 e. The summed E-state index contributed by atoms with van der Waals surface area (Å²) in [5, 5.41) is 25.6. The molecular formula is C7H15NO6S. The summed E-state index contributed by atoms with van der Waals surface area (Å²) < 4.78 is 10.7. The van der Waals surface area contributed by atoms with Gasteiger partial charge in [-0.3, -0.25) is 9.00 Å². The summed E-state index contributed by atoms with van der Waals surface area (Å²) in [6, 6.07) is 0. The molecule has 0 spiro atoms. The minimum absolute atomic E-state index is 0.750. The number of rotatable bonds is 4. The fraction of sp³-hybridized carbons (Fsp3) is 0.714. The zero-order valence-corrected chi connectivity index (χ0v) is 9.28. The van der Waals surface area contributed by atoms with Gasteiger partial charge in [0.1, 0.15) is 0 Å². The molecule has 15 heavy (non-hydrogen) atoms. The Hall–Kier alpha value is -0.990. The molecule has 0 saturated heterocycles. The van der Waals surface area contributed by atoms with Gasteiger partial charge < -0.3 is 21.1 Å². The van der Waals surface area contributed by atoms with E-state index in [1.807, 2.05) is 6.92 Å². The van der Waals surface area contributed by atoms with Crippen LogP contribution in [0.5, 0.6) is 0 Å². The van der Waals surface area contributed by atoms with Crippen LogP contribution in [0.3, 0.4) is 0 Å². The van der Waals surface area contributed by atoms with Crippen molar-refractivity contribution in [2.24, 2.45) is 5.73 Å². The predicted octanol–water partition coefficient (Wildman–Crippen LogP) is -1.42. The van der Waals surface area contributed by atoms with Crippen LogP contribution in [0.25, 0.3) is 0 Å². The molecule has 2 atom stereocenters. The van der Waals surface area contributed by atoms with Gasteiger partial charge in [-0.2, -0.15) is 0 Å². The number of aliphatic hydroxyl groups is 1. The quantitative estimate of drug-likeness (QED) is 0.473. The maximum atomic E-state index is 10.7. The first-order valence-corrected chi connectivity index (χ1v) is 5.49. The third-order valence-electron chi connectivity index (χ3n) is 1.20. The topological polar surface area (TPSA) is 138 Å². The molecule has 7 nitrogen and oxygen atoms in total. The Morgan fingerprint density at radius 3 is 1.80 bits per heavy atom. The van der Waals surface area contributed by atoms with E-state index >= 15 is 0 Å². The lowest BCUT2D eigenvalue weighted by atomic mass is 10.2. The molecule has 0 heterocycles. The zero-order valence-electron chi connectivity index (χ0n) is 8.47. The van der Waals surface area contributed by atoms with Gasteiger partial charge in [0.15, 0.2) is 0 Å². The molecule has 0 aromatic rings. The fourth-order valence-electron chi connectivity index (χ4n) is 0.505. The van der Waals surface area contributed by atoms with Crippen molar-refractivity contribution >= 4 is 22.7 Å². The van der Waals surface area contributed by atoms with Gasteiger partial charge in [0.05, 0.1) is 17.2 Å². The number of carboxylic acids is 2. The first-order chi connectivity index (χ1) is 6.72. The Balaban J connectivity index is 0. The Labute approximate surface area is 89.4 Å². The molecule has 0 rings (SSSR count). The first-order valence-electron chi connectivity index (χ1n) is 3.93. The third-order valence-corrected chi connectivity index (χ3v) is 2.47. The summed E-state index contributed by atoms with van der Waals surface area (Å²) >= 11 is 0. The molecule has 0 aromatic carbocycles. The molecule has 8 heteroatoms. The van der Waals surface area contributed by atoms with E-state index in [4.69, 9.17) is 21.1 Å². The molecule has 0 aliphatic heterocycles. The van der Waals surface area contributed by atoms with Crippen molar-refractivity contribution in [3.8, 4) is 0 Å². The minimum atomic E-state index is -2.69. The number of carbonyl (C=O) groups is 2. The van der Waals surface area contributed by atoms with E-state index in [2.05, 4.69) is 0 Å². The molecule has 0 aliphatic carbocycles. The van der Waals surface area contributed by atoms with Crippen LogP contribution in [0, 0.1) is 0 Å². The lowest BCUT2D eigenvalue weighted by Crippen LogP contribution is -2.44. The SMILES string of the molecule is CCN.CS(=O)C(O)(CC(=O)O)C(=O)O. The van der Waals surface area contributed by atoms with Crippen molar-refractivity contribution in [2.45, 2.75) is 18.3 Å². The van der Waals surface area contributed by atoms with E-state index in [1.54, 1.807) is 0 Å². The maximum absolute atomic E-state index is 10.7. The molecule has 0 aromatic heterocycles. The van der Waals surface area contributed by atoms with Gasteiger partial charge in [0.2, 0.25) is 4.93 Å². The van der Waals surface area contributed by atoms with Crippen molar-refractivity contribution < 1.29 is 29.1 Å². The molecule has 90 valence electrons. The van der Waals surface area contributed by atoms with Crippen LogP contribution in [-0.4, -0.2) is 49.2 Å². The lowest BCUT2D eigenvalue weighted by molar-refractivity contribution is -0.156. The summed E-state index contributed by atoms with van der Waals surface area (Å²) in [6.07, 6.45) is -0.150. The average molecular weight is 241 g/mol. The van der Waals surface area contributed by atoms with Crippen molar-refractivity contribution in [1.29, 1.82) is 0 Å². The molecular weight excluding hydrogens is 226 g/mol. The highest BCUT2D eigenvalue weighted by Crippen LogP contribution is 2.14. The number of carboxylic acid groups (broad SMARTS) is 2. The second kappa shape index (κ2) is 7.32. The van der Waals surface area contributed by atoms with Gasteiger partial charge in [0.25, 0.3) is 0 Å². The van der Waals surface area contributed by atoms with E-state index in [0.29, 0.717) is 0 Å². The second-order valence-electron chi connectivity index (χ2n) is 2.52. The number of hydrogen-bond acceptors (Lipinski definition) is 5. The van der Waals surface area contributed by atoms with E-state index in [0.717, 1.165) is 12.8 Å². The Morgan fingerprint density at radius 1 is 1.40 bits per heavy atom. The highest BCUT2D eigenvalue weighted by atomic mass is 32.2. The third kappa shape index (κ3) is 6.15. The van der Waals surface area contributed by atoms with Crippen LogP contribution in [0.1, 0.15) is 13.3 Å². The highest BCUT2D eigenvalue weighted by Gasteiger charge is 2.42. The lowest BCUT2D eigenvalue weighted by Gasteiger charge is -2.17. The van der Waals surface area contributed by atoms with Crippen LogP contribution in [0.15, 0.2) is 0 Å². The molecule has 2 unspecified atom stereocenters. The molecule has 0 bridgehead atoms. The van der Waals surface area contributed by atoms with E-state index < -0.39 is 34.1 Å². The smallest absolute Gasteiger partial charge is 0.349 e. The van der Waals surface area contributed by atoms with Crippen LogP contribution in [0.4, 0.5) is 0 Å². The summed E-state index contributed by atoms with van der Waals surface area (Å²) in [4.78, 5) is 17.7. The standard InChI is InChI=1S/C5H8O6S.C2H7N/c1-12(11)5(10,4(8)9)2-3(6)7;1-2-3/h10H,2H2,1H3,(H,6,7)(H,8,9);2-3H2,1H3. The zero-order chi connectivity index (χ0) is 12.6. The molecule has 5 N–H and O–H groups in total. The predicted molar refractivity (Wildman–Crippen MR) is 53.6 cm³/mol. The number of nitrogens with two attached hydrogens (primary N) is 1.